The predicted molar refractivity (Wildman–Crippen MR) is 73.6 cm³/mol. The summed E-state index contributed by atoms with van der Waals surface area (Å²) in [6.07, 6.45) is 0. The Kier molecular flexibility index (Phi) is 6.28. The summed E-state index contributed by atoms with van der Waals surface area (Å²) in [5.74, 6) is 4.91. The van der Waals surface area contributed by atoms with Gasteiger partial charge in [0.1, 0.15) is 6.04 Å². The van der Waals surface area contributed by atoms with Gasteiger partial charge in [-0.05, 0) is 24.7 Å². The molecule has 0 aromatic heterocycles. The van der Waals surface area contributed by atoms with Crippen molar-refractivity contribution < 1.29 is 9.53 Å². The third-order valence-corrected chi connectivity index (χ3v) is 3.12. The van der Waals surface area contributed by atoms with Gasteiger partial charge in [-0.1, -0.05) is 28.1 Å². The molecule has 6 heteroatoms. The zero-order valence-electron chi connectivity index (χ0n) is 10.5. The first-order valence-electron chi connectivity index (χ1n) is 5.52. The van der Waals surface area contributed by atoms with Crippen LogP contribution in [0.25, 0.3) is 0 Å². The Hall–Kier alpha value is -0.950. The first-order chi connectivity index (χ1) is 8.58. The average Bonchev–Trinajstić information content (AvgIpc) is 2.35. The topological polar surface area (TPSA) is 67.6 Å². The van der Waals surface area contributed by atoms with Gasteiger partial charge in [-0.25, -0.2) is 5.84 Å². The third kappa shape index (κ3) is 4.38. The number of ether oxygens (including phenoxy) is 1. The highest BCUT2D eigenvalue weighted by molar-refractivity contribution is 9.10. The number of likely N-dealkylation sites (N-methyl/N-ethyl adjacent to an activating group) is 1. The molecule has 1 amide bonds. The highest BCUT2D eigenvalue weighted by atomic mass is 79.9. The fourth-order valence-corrected chi connectivity index (χ4v) is 2.14. The largest absolute Gasteiger partial charge is 0.383 e. The summed E-state index contributed by atoms with van der Waals surface area (Å²) in [7, 11) is 3.42. The molecule has 0 aliphatic rings. The van der Waals surface area contributed by atoms with E-state index < -0.39 is 6.04 Å². The van der Waals surface area contributed by atoms with E-state index in [-0.39, 0.29) is 5.91 Å². The van der Waals surface area contributed by atoms with Crippen molar-refractivity contribution in [2.24, 2.45) is 5.84 Å². The number of nitrogens with zero attached hydrogens (tertiary/aromatic N) is 1. The van der Waals surface area contributed by atoms with Crippen molar-refractivity contribution in [2.45, 2.75) is 12.6 Å². The molecule has 0 saturated carbocycles. The van der Waals surface area contributed by atoms with E-state index in [9.17, 15) is 4.79 Å². The summed E-state index contributed by atoms with van der Waals surface area (Å²) in [4.78, 5) is 13.5. The molecule has 100 valence electrons. The van der Waals surface area contributed by atoms with Crippen molar-refractivity contribution >= 4 is 21.8 Å². The summed E-state index contributed by atoms with van der Waals surface area (Å²) in [5.41, 5.74) is 3.27. The number of nitrogens with one attached hydrogen (secondary N) is 1. The molecule has 0 fully saturated rings. The minimum Gasteiger partial charge on any atom is -0.383 e. The summed E-state index contributed by atoms with van der Waals surface area (Å²) in [6.45, 7) is 0.939. The highest BCUT2D eigenvalue weighted by Crippen LogP contribution is 2.14. The van der Waals surface area contributed by atoms with E-state index in [1.165, 1.54) is 0 Å². The van der Waals surface area contributed by atoms with Gasteiger partial charge in [0.05, 0.1) is 6.61 Å². The molecular weight excluding hydrogens is 298 g/mol. The fourth-order valence-electron chi connectivity index (χ4n) is 1.69. The molecule has 0 spiro atoms. The monoisotopic (exact) mass is 315 g/mol. The molecule has 0 bridgehead atoms. The Bertz CT molecular complexity index is 401. The lowest BCUT2D eigenvalue weighted by atomic mass is 10.2. The number of carbonyl (C=O) groups is 1. The van der Waals surface area contributed by atoms with Crippen molar-refractivity contribution in [2.75, 3.05) is 20.8 Å². The zero-order valence-corrected chi connectivity index (χ0v) is 12.1. The standard InChI is InChI=1S/C12H18BrN3O2/c1-16(11(8-18-2)12(17)15-14)7-9-4-3-5-10(13)6-9/h3-6,11H,7-8,14H2,1-2H3,(H,15,17). The van der Waals surface area contributed by atoms with Crippen molar-refractivity contribution in [3.8, 4) is 0 Å². The summed E-state index contributed by atoms with van der Waals surface area (Å²) >= 11 is 3.42. The summed E-state index contributed by atoms with van der Waals surface area (Å²) < 4.78 is 6.06. The molecule has 3 N–H and O–H groups in total. The van der Waals surface area contributed by atoms with Crippen LogP contribution in [0.1, 0.15) is 5.56 Å². The van der Waals surface area contributed by atoms with Crippen molar-refractivity contribution in [3.05, 3.63) is 34.3 Å². The Morgan fingerprint density at radius 2 is 2.33 bits per heavy atom. The molecule has 1 unspecified atom stereocenters. The van der Waals surface area contributed by atoms with Gasteiger partial charge < -0.3 is 4.74 Å². The van der Waals surface area contributed by atoms with Gasteiger partial charge in [0.2, 0.25) is 0 Å². The average molecular weight is 316 g/mol. The molecule has 0 aliphatic heterocycles. The van der Waals surface area contributed by atoms with E-state index in [2.05, 4.69) is 21.4 Å². The summed E-state index contributed by atoms with van der Waals surface area (Å²) in [6, 6.07) is 7.54. The molecular formula is C12H18BrN3O2. The van der Waals surface area contributed by atoms with Gasteiger partial charge in [0.15, 0.2) is 0 Å². The molecule has 18 heavy (non-hydrogen) atoms. The SMILES string of the molecule is COCC(C(=O)NN)N(C)Cc1cccc(Br)c1. The van der Waals surface area contributed by atoms with Crippen LogP contribution in [0.2, 0.25) is 0 Å². The van der Waals surface area contributed by atoms with Crippen LogP contribution >= 0.6 is 15.9 Å². The van der Waals surface area contributed by atoms with E-state index in [1.807, 2.05) is 36.2 Å². The fraction of sp³-hybridized carbons (Fsp3) is 0.417. The van der Waals surface area contributed by atoms with Crippen molar-refractivity contribution in [1.29, 1.82) is 0 Å². The molecule has 1 aromatic rings. The number of hydrogen-bond acceptors (Lipinski definition) is 4. The maximum absolute atomic E-state index is 11.6. The van der Waals surface area contributed by atoms with Gasteiger partial charge in [-0.3, -0.25) is 15.1 Å². The van der Waals surface area contributed by atoms with Gasteiger partial charge >= 0.3 is 0 Å². The first-order valence-corrected chi connectivity index (χ1v) is 6.32. The van der Waals surface area contributed by atoms with Crippen LogP contribution in [0.5, 0.6) is 0 Å². The van der Waals surface area contributed by atoms with Crippen LogP contribution < -0.4 is 11.3 Å². The molecule has 5 nitrogen and oxygen atoms in total. The number of nitrogens with two attached hydrogens (primary N) is 1. The van der Waals surface area contributed by atoms with Gasteiger partial charge in [0, 0.05) is 18.1 Å². The number of carbonyl (C=O) groups excluding carboxylic acids is 1. The second-order valence-electron chi connectivity index (χ2n) is 4.02. The Morgan fingerprint density at radius 1 is 1.61 bits per heavy atom. The Morgan fingerprint density at radius 3 is 2.89 bits per heavy atom. The van der Waals surface area contributed by atoms with Crippen LogP contribution in [-0.2, 0) is 16.1 Å². The highest BCUT2D eigenvalue weighted by Gasteiger charge is 2.22. The van der Waals surface area contributed by atoms with Crippen LogP contribution in [0.3, 0.4) is 0 Å². The van der Waals surface area contributed by atoms with Crippen LogP contribution in [0.15, 0.2) is 28.7 Å². The number of hydrogen-bond donors (Lipinski definition) is 2. The number of hydrazine groups is 1. The molecule has 0 radical (unpaired) electrons. The molecule has 0 heterocycles. The lowest BCUT2D eigenvalue weighted by molar-refractivity contribution is -0.128. The quantitative estimate of drug-likeness (QED) is 0.465. The molecule has 1 aromatic carbocycles. The minimum atomic E-state index is -0.404. The van der Waals surface area contributed by atoms with Gasteiger partial charge in [-0.2, -0.15) is 0 Å². The molecule has 0 aliphatic carbocycles. The van der Waals surface area contributed by atoms with Crippen LogP contribution in [0.4, 0.5) is 0 Å². The smallest absolute Gasteiger partial charge is 0.253 e. The molecule has 0 saturated heterocycles. The van der Waals surface area contributed by atoms with Crippen molar-refractivity contribution in [3.63, 3.8) is 0 Å². The lowest BCUT2D eigenvalue weighted by Crippen LogP contribution is -2.49. The minimum absolute atomic E-state index is 0.255. The lowest BCUT2D eigenvalue weighted by Gasteiger charge is -2.25. The second-order valence-corrected chi connectivity index (χ2v) is 4.94. The van der Waals surface area contributed by atoms with E-state index >= 15 is 0 Å². The van der Waals surface area contributed by atoms with Gasteiger partial charge in [0.25, 0.3) is 5.91 Å². The molecule has 1 rings (SSSR count). The Labute approximate surface area is 115 Å². The Balaban J connectivity index is 2.71. The maximum atomic E-state index is 11.6. The van der Waals surface area contributed by atoms with Crippen LogP contribution in [-0.4, -0.2) is 37.6 Å². The third-order valence-electron chi connectivity index (χ3n) is 2.62. The summed E-state index contributed by atoms with van der Waals surface area (Å²) in [5, 5.41) is 0. The van der Waals surface area contributed by atoms with Crippen molar-refractivity contribution in [1.82, 2.24) is 10.3 Å². The van der Waals surface area contributed by atoms with Crippen LogP contribution in [0, 0.1) is 0 Å². The normalized spacial score (nSPS) is 12.5. The van der Waals surface area contributed by atoms with E-state index in [0.717, 1.165) is 10.0 Å². The number of methoxy groups -OCH3 is 1. The van der Waals surface area contributed by atoms with E-state index in [4.69, 9.17) is 10.6 Å². The number of amides is 1. The van der Waals surface area contributed by atoms with E-state index in [1.54, 1.807) is 7.11 Å². The van der Waals surface area contributed by atoms with Gasteiger partial charge in [-0.15, -0.1) is 0 Å². The number of rotatable bonds is 6. The van der Waals surface area contributed by atoms with E-state index in [0.29, 0.717) is 13.2 Å². The number of halogens is 1. The first kappa shape index (κ1) is 15.1. The second kappa shape index (κ2) is 7.48. The number of benzene rings is 1. The zero-order chi connectivity index (χ0) is 13.5. The maximum Gasteiger partial charge on any atom is 0.253 e. The predicted octanol–water partition coefficient (Wildman–Crippen LogP) is 0.886. The molecule has 1 atom stereocenters.